The van der Waals surface area contributed by atoms with Crippen molar-refractivity contribution in [1.82, 2.24) is 23.4 Å². The largest absolute Gasteiger partial charge is 0.497 e. The molecule has 2 atom stereocenters. The third-order valence-electron chi connectivity index (χ3n) is 9.34. The van der Waals surface area contributed by atoms with Gasteiger partial charge in [0.1, 0.15) is 11.9 Å². The lowest BCUT2D eigenvalue weighted by molar-refractivity contribution is -0.166. The first kappa shape index (κ1) is 33.9. The fourth-order valence-electron chi connectivity index (χ4n) is 6.71. The molecule has 0 spiro atoms. The number of aliphatic hydroxyl groups is 2. The van der Waals surface area contributed by atoms with Gasteiger partial charge in [-0.3, -0.25) is 9.59 Å². The predicted octanol–water partition coefficient (Wildman–Crippen LogP) is 2.70. The van der Waals surface area contributed by atoms with Crippen LogP contribution in [0.3, 0.4) is 0 Å². The first-order valence-electron chi connectivity index (χ1n) is 15.6. The number of carbonyl (C=O) groups is 2. The summed E-state index contributed by atoms with van der Waals surface area (Å²) in [7, 11) is 5.50. The van der Waals surface area contributed by atoms with Gasteiger partial charge in [-0.2, -0.15) is 12.7 Å². The third kappa shape index (κ3) is 6.14. The molecule has 5 rings (SSSR count). The molecule has 1 aliphatic carbocycles. The summed E-state index contributed by atoms with van der Waals surface area (Å²) < 4.78 is 35.3. The number of nitrogens with zero attached hydrogens (tertiary/aromatic N) is 4. The summed E-state index contributed by atoms with van der Waals surface area (Å²) in [5.41, 5.74) is 1.19. The number of amides is 2. The van der Waals surface area contributed by atoms with Crippen molar-refractivity contribution in [2.75, 3.05) is 55.4 Å². The maximum atomic E-state index is 14.1. The summed E-state index contributed by atoms with van der Waals surface area (Å²) >= 11 is 0. The minimum Gasteiger partial charge on any atom is -0.497 e. The van der Waals surface area contributed by atoms with Crippen LogP contribution >= 0.6 is 0 Å². The van der Waals surface area contributed by atoms with E-state index in [2.05, 4.69) is 4.72 Å². The van der Waals surface area contributed by atoms with Gasteiger partial charge in [-0.05, 0) is 74.3 Å². The maximum absolute atomic E-state index is 14.1. The minimum absolute atomic E-state index is 0.103. The van der Waals surface area contributed by atoms with Gasteiger partial charge in [-0.1, -0.05) is 25.3 Å². The highest BCUT2D eigenvalue weighted by atomic mass is 32.2. The number of nitrogens with one attached hydrogen (secondary N) is 1. The highest BCUT2D eigenvalue weighted by molar-refractivity contribution is 7.87. The lowest BCUT2D eigenvalue weighted by Crippen LogP contribution is -2.54. The first-order valence-corrected chi connectivity index (χ1v) is 17.0. The van der Waals surface area contributed by atoms with Gasteiger partial charge in [-0.15, -0.1) is 0 Å². The molecule has 0 radical (unpaired) electrons. The van der Waals surface area contributed by atoms with Crippen molar-refractivity contribution in [3.05, 3.63) is 53.1 Å². The number of hydrogen-bond donors (Lipinski definition) is 3. The average molecular weight is 656 g/mol. The Morgan fingerprint density at radius 3 is 2.35 bits per heavy atom. The van der Waals surface area contributed by atoms with Gasteiger partial charge in [0.15, 0.2) is 5.60 Å². The monoisotopic (exact) mass is 655 g/mol. The molecule has 1 aromatic heterocycles. The molecule has 12 nitrogen and oxygen atoms in total. The fraction of sp³-hybridized carbons (Fsp3) is 0.515. The van der Waals surface area contributed by atoms with Crippen LogP contribution in [0.5, 0.6) is 5.75 Å². The van der Waals surface area contributed by atoms with Crippen molar-refractivity contribution in [2.24, 2.45) is 0 Å². The van der Waals surface area contributed by atoms with E-state index in [1.807, 2.05) is 35.7 Å². The fourth-order valence-corrected chi connectivity index (χ4v) is 7.24. The second kappa shape index (κ2) is 13.0. The standard InChI is InChI=1S/C33H45N5O7S/c1-35(2)16-17-37(5)32(41)33(42)20-38-27-18-22(31(40)34-46(43,44)36(3)4)12-14-25(27)28(21-10-8-7-9-11-21)29(38)24-15-13-23(45-6)19-26(24)30(33)39/h12-15,18-19,21,30,39,42H,7-11,16-17,20H2,1-6H3,(H,34,40)/t30-,33+/m1/s1. The number of fused-ring (bicyclic) bond motifs is 5. The molecule has 0 bridgehead atoms. The molecule has 0 saturated heterocycles. The van der Waals surface area contributed by atoms with Gasteiger partial charge in [0, 0.05) is 56.3 Å². The molecular weight excluding hydrogens is 610 g/mol. The lowest BCUT2D eigenvalue weighted by Gasteiger charge is -2.35. The Morgan fingerprint density at radius 2 is 1.72 bits per heavy atom. The van der Waals surface area contributed by atoms with Gasteiger partial charge in [-0.25, -0.2) is 4.72 Å². The van der Waals surface area contributed by atoms with Gasteiger partial charge in [0.25, 0.3) is 11.8 Å². The van der Waals surface area contributed by atoms with E-state index >= 15 is 0 Å². The highest BCUT2D eigenvalue weighted by Gasteiger charge is 2.50. The van der Waals surface area contributed by atoms with Crippen molar-refractivity contribution < 1.29 is 33.0 Å². The maximum Gasteiger partial charge on any atom is 0.303 e. The summed E-state index contributed by atoms with van der Waals surface area (Å²) in [5, 5.41) is 25.2. The van der Waals surface area contributed by atoms with Crippen LogP contribution in [-0.2, 0) is 21.5 Å². The van der Waals surface area contributed by atoms with Crippen LogP contribution in [0.25, 0.3) is 22.2 Å². The quantitative estimate of drug-likeness (QED) is 0.319. The van der Waals surface area contributed by atoms with Crippen molar-refractivity contribution in [1.29, 1.82) is 0 Å². The number of aromatic nitrogens is 1. The number of rotatable bonds is 9. The molecule has 1 saturated carbocycles. The molecule has 2 amide bonds. The molecule has 250 valence electrons. The van der Waals surface area contributed by atoms with E-state index in [1.54, 1.807) is 31.3 Å². The van der Waals surface area contributed by atoms with Gasteiger partial charge in [0.05, 0.1) is 19.3 Å². The topological polar surface area (TPSA) is 145 Å². The smallest absolute Gasteiger partial charge is 0.303 e. The molecule has 2 aliphatic rings. The van der Waals surface area contributed by atoms with Crippen LogP contribution in [-0.4, -0.2) is 110 Å². The molecule has 3 aromatic rings. The zero-order valence-electron chi connectivity index (χ0n) is 27.4. The summed E-state index contributed by atoms with van der Waals surface area (Å²) in [5.74, 6) is -0.814. The number of methoxy groups -OCH3 is 1. The summed E-state index contributed by atoms with van der Waals surface area (Å²) in [6, 6.07) is 10.3. The van der Waals surface area contributed by atoms with Crippen molar-refractivity contribution in [2.45, 2.75) is 56.3 Å². The average Bonchev–Trinajstić information content (AvgIpc) is 3.30. The van der Waals surface area contributed by atoms with Gasteiger partial charge < -0.3 is 29.3 Å². The number of carbonyl (C=O) groups excluding carboxylic acids is 2. The number of likely N-dealkylation sites (N-methyl/N-ethyl adjacent to an activating group) is 2. The van der Waals surface area contributed by atoms with Crippen LogP contribution in [0.1, 0.15) is 65.6 Å². The SMILES string of the molecule is COc1ccc2c(c1)[C@@H](O)[C@](O)(C(=O)N(C)CCN(C)C)Cn1c-2c(C2CCCCC2)c2ccc(C(=O)NS(=O)(=O)N(C)C)cc21. The van der Waals surface area contributed by atoms with E-state index in [0.29, 0.717) is 35.5 Å². The Labute approximate surface area is 270 Å². The Kier molecular flexibility index (Phi) is 9.54. The zero-order chi connectivity index (χ0) is 33.6. The first-order chi connectivity index (χ1) is 21.7. The number of benzene rings is 2. The van der Waals surface area contributed by atoms with Gasteiger partial charge in [0.2, 0.25) is 0 Å². The number of aliphatic hydroxyl groups excluding tert-OH is 1. The van der Waals surface area contributed by atoms with E-state index in [1.165, 1.54) is 26.1 Å². The van der Waals surface area contributed by atoms with E-state index in [0.717, 1.165) is 53.1 Å². The highest BCUT2D eigenvalue weighted by Crippen LogP contribution is 2.50. The molecular formula is C33H45N5O7S. The van der Waals surface area contributed by atoms with E-state index in [4.69, 9.17) is 4.74 Å². The molecule has 13 heteroatoms. The summed E-state index contributed by atoms with van der Waals surface area (Å²) in [6.45, 7) is 0.579. The second-order valence-corrected chi connectivity index (χ2v) is 14.8. The van der Waals surface area contributed by atoms with Crippen molar-refractivity contribution in [3.8, 4) is 17.0 Å². The van der Waals surface area contributed by atoms with Crippen LogP contribution < -0.4 is 9.46 Å². The Bertz CT molecular complexity index is 1750. The van der Waals surface area contributed by atoms with Crippen LogP contribution in [0, 0.1) is 0 Å². The van der Waals surface area contributed by atoms with Gasteiger partial charge >= 0.3 is 10.2 Å². The summed E-state index contributed by atoms with van der Waals surface area (Å²) in [4.78, 5) is 30.7. The minimum atomic E-state index is -4.05. The van der Waals surface area contributed by atoms with E-state index in [-0.39, 0.29) is 18.0 Å². The zero-order valence-corrected chi connectivity index (χ0v) is 28.2. The molecule has 2 aromatic carbocycles. The number of hydrogen-bond acceptors (Lipinski definition) is 8. The Morgan fingerprint density at radius 1 is 1.02 bits per heavy atom. The number of ether oxygens (including phenoxy) is 1. The Balaban J connectivity index is 1.78. The molecule has 1 fully saturated rings. The molecule has 46 heavy (non-hydrogen) atoms. The lowest BCUT2D eigenvalue weighted by atomic mass is 9.80. The molecule has 1 aliphatic heterocycles. The molecule has 0 unspecified atom stereocenters. The van der Waals surface area contributed by atoms with Crippen LogP contribution in [0.2, 0.25) is 0 Å². The van der Waals surface area contributed by atoms with Crippen LogP contribution in [0.15, 0.2) is 36.4 Å². The van der Waals surface area contributed by atoms with E-state index in [9.17, 15) is 28.2 Å². The van der Waals surface area contributed by atoms with Crippen molar-refractivity contribution in [3.63, 3.8) is 0 Å². The Hall–Kier alpha value is -3.49. The van der Waals surface area contributed by atoms with E-state index < -0.39 is 33.7 Å². The molecule has 3 N–H and O–H groups in total. The third-order valence-corrected chi connectivity index (χ3v) is 10.7. The predicted molar refractivity (Wildman–Crippen MR) is 176 cm³/mol. The summed E-state index contributed by atoms with van der Waals surface area (Å²) in [6.07, 6.45) is 3.53. The van der Waals surface area contributed by atoms with Crippen molar-refractivity contribution >= 4 is 32.9 Å². The molecule has 2 heterocycles. The normalized spacial score (nSPS) is 20.3. The van der Waals surface area contributed by atoms with Crippen LogP contribution in [0.4, 0.5) is 0 Å². The second-order valence-electron chi connectivity index (χ2n) is 12.9.